The van der Waals surface area contributed by atoms with E-state index in [0.29, 0.717) is 11.0 Å². The van der Waals surface area contributed by atoms with Crippen molar-refractivity contribution in [2.45, 2.75) is 12.1 Å². The molecule has 8 heteroatoms. The number of hydrogen-bond acceptors (Lipinski definition) is 6. The molecule has 1 N–H and O–H groups in total. The fourth-order valence-corrected chi connectivity index (χ4v) is 4.34. The molecular weight excluding hydrogens is 400 g/mol. The van der Waals surface area contributed by atoms with Gasteiger partial charge in [-0.25, -0.2) is 0 Å². The highest BCUT2D eigenvalue weighted by Gasteiger charge is 2.41. The third kappa shape index (κ3) is 2.59. The molecule has 4 aromatic rings. The number of ether oxygens (including phenoxy) is 1. The fraction of sp³-hybridized carbons (Fsp3) is 0.0909. The highest BCUT2D eigenvalue weighted by atomic mass is 35.5. The lowest BCUT2D eigenvalue weighted by Crippen LogP contribution is -2.32. The van der Waals surface area contributed by atoms with Crippen LogP contribution in [0.4, 0.5) is 5.95 Å². The molecular formula is C22H15ClN6O. The maximum absolute atomic E-state index is 6.53. The molecule has 2 aromatic carbocycles. The van der Waals surface area contributed by atoms with Crippen LogP contribution in [0.5, 0.6) is 5.75 Å². The molecule has 0 unspecified atom stereocenters. The molecule has 2 aliphatic rings. The highest BCUT2D eigenvalue weighted by molar-refractivity contribution is 6.30. The van der Waals surface area contributed by atoms with Crippen molar-refractivity contribution in [3.05, 3.63) is 100 Å². The van der Waals surface area contributed by atoms with Crippen LogP contribution in [0.3, 0.4) is 0 Å². The normalized spacial score (nSPS) is 19.2. The van der Waals surface area contributed by atoms with Gasteiger partial charge < -0.3 is 10.1 Å². The number of rotatable bonds is 2. The molecule has 0 saturated carbocycles. The molecule has 0 radical (unpaired) electrons. The maximum atomic E-state index is 6.53. The molecule has 6 rings (SSSR count). The van der Waals surface area contributed by atoms with Crippen molar-refractivity contribution < 1.29 is 4.74 Å². The van der Waals surface area contributed by atoms with Crippen LogP contribution in [-0.4, -0.2) is 25.2 Å². The molecule has 4 heterocycles. The lowest BCUT2D eigenvalue weighted by Gasteiger charge is -2.38. The second-order valence-electron chi connectivity index (χ2n) is 7.14. The van der Waals surface area contributed by atoms with E-state index < -0.39 is 0 Å². The van der Waals surface area contributed by atoms with E-state index in [2.05, 4.69) is 25.8 Å². The van der Waals surface area contributed by atoms with Gasteiger partial charge in [0, 0.05) is 28.6 Å². The third-order valence-corrected chi connectivity index (χ3v) is 5.63. The Morgan fingerprint density at radius 2 is 1.90 bits per heavy atom. The van der Waals surface area contributed by atoms with Crippen LogP contribution in [0.15, 0.2) is 78.6 Å². The van der Waals surface area contributed by atoms with E-state index in [-0.39, 0.29) is 12.1 Å². The second-order valence-corrected chi connectivity index (χ2v) is 7.58. The number of aromatic nitrogens is 5. The van der Waals surface area contributed by atoms with Gasteiger partial charge in [0.1, 0.15) is 17.9 Å². The fourth-order valence-electron chi connectivity index (χ4n) is 4.14. The number of fused-ring (bicyclic) bond motifs is 3. The van der Waals surface area contributed by atoms with E-state index in [9.17, 15) is 0 Å². The van der Waals surface area contributed by atoms with Crippen molar-refractivity contribution in [3.8, 4) is 5.75 Å². The third-order valence-electron chi connectivity index (χ3n) is 5.39. The largest absolute Gasteiger partial charge is 0.480 e. The molecule has 146 valence electrons. The average molecular weight is 415 g/mol. The van der Waals surface area contributed by atoms with Crippen LogP contribution in [0.1, 0.15) is 28.8 Å². The number of pyridine rings is 1. The summed E-state index contributed by atoms with van der Waals surface area (Å²) in [6.07, 6.45) is 3.21. The van der Waals surface area contributed by atoms with E-state index in [4.69, 9.17) is 16.3 Å². The number of nitrogens with zero attached hydrogens (tertiary/aromatic N) is 5. The molecule has 7 nitrogen and oxygen atoms in total. The van der Waals surface area contributed by atoms with Gasteiger partial charge in [0.25, 0.3) is 0 Å². The summed E-state index contributed by atoms with van der Waals surface area (Å²) in [5, 5.41) is 16.4. The van der Waals surface area contributed by atoms with Crippen LogP contribution >= 0.6 is 11.6 Å². The van der Waals surface area contributed by atoms with E-state index >= 15 is 0 Å². The van der Waals surface area contributed by atoms with Crippen LogP contribution in [0.2, 0.25) is 5.02 Å². The minimum atomic E-state index is -0.372. The SMILES string of the molecule is Clc1cccc([C@@H]2Oc3ccccc3C3=C2[C@@H](c2cccnc2)n2nnnc2N3)c1. The molecule has 0 spiro atoms. The van der Waals surface area contributed by atoms with Gasteiger partial charge >= 0.3 is 0 Å². The molecule has 0 fully saturated rings. The Kier molecular flexibility index (Phi) is 3.82. The molecule has 2 aromatic heterocycles. The van der Waals surface area contributed by atoms with Gasteiger partial charge in [-0.3, -0.25) is 4.98 Å². The average Bonchev–Trinajstić information content (AvgIpc) is 3.26. The molecule has 30 heavy (non-hydrogen) atoms. The monoisotopic (exact) mass is 414 g/mol. The lowest BCUT2D eigenvalue weighted by molar-refractivity contribution is 0.222. The molecule has 0 bridgehead atoms. The zero-order chi connectivity index (χ0) is 20.1. The minimum absolute atomic E-state index is 0.280. The van der Waals surface area contributed by atoms with Gasteiger partial charge in [-0.1, -0.05) is 47.0 Å². The van der Waals surface area contributed by atoms with Crippen molar-refractivity contribution in [3.63, 3.8) is 0 Å². The van der Waals surface area contributed by atoms with Crippen LogP contribution < -0.4 is 10.1 Å². The first-order chi connectivity index (χ1) is 14.8. The van der Waals surface area contributed by atoms with Gasteiger partial charge in [-0.05, 0) is 51.9 Å². The first kappa shape index (κ1) is 17.2. The summed E-state index contributed by atoms with van der Waals surface area (Å²) in [5.74, 6) is 1.36. The predicted octanol–water partition coefficient (Wildman–Crippen LogP) is 4.28. The van der Waals surface area contributed by atoms with Gasteiger partial charge in [-0.15, -0.1) is 0 Å². The number of hydrogen-bond donors (Lipinski definition) is 1. The van der Waals surface area contributed by atoms with Gasteiger partial charge in [0.05, 0.1) is 5.70 Å². The Labute approximate surface area is 177 Å². The number of nitrogens with one attached hydrogen (secondary N) is 1. The van der Waals surface area contributed by atoms with Crippen molar-refractivity contribution in [2.24, 2.45) is 0 Å². The summed E-state index contributed by atoms with van der Waals surface area (Å²) >= 11 is 6.32. The second kappa shape index (κ2) is 6.67. The summed E-state index contributed by atoms with van der Waals surface area (Å²) in [7, 11) is 0. The number of tetrazole rings is 1. The maximum Gasteiger partial charge on any atom is 0.248 e. The number of benzene rings is 2. The zero-order valence-electron chi connectivity index (χ0n) is 15.6. The molecule has 0 amide bonds. The van der Waals surface area contributed by atoms with Gasteiger partial charge in [0.15, 0.2) is 0 Å². The van der Waals surface area contributed by atoms with Crippen molar-refractivity contribution in [2.75, 3.05) is 5.32 Å². The number of anilines is 1. The zero-order valence-corrected chi connectivity index (χ0v) is 16.4. The molecule has 0 aliphatic carbocycles. The summed E-state index contributed by atoms with van der Waals surface area (Å²) in [6.45, 7) is 0. The highest BCUT2D eigenvalue weighted by Crippen LogP contribution is 2.50. The topological polar surface area (TPSA) is 77.8 Å². The Hall–Kier alpha value is -3.71. The van der Waals surface area contributed by atoms with Crippen LogP contribution in [-0.2, 0) is 0 Å². The first-order valence-corrected chi connectivity index (χ1v) is 9.88. The standard InChI is InChI=1S/C22H15ClN6O/c23-15-7-3-5-13(11-15)21-18-19(16-8-1-2-9-17(16)30-21)25-22-26-27-28-29(22)20(18)14-6-4-10-24-12-14/h1-12,20-21H,(H,25,26,28)/t20-,21+/m1/s1. The Morgan fingerprint density at radius 3 is 2.77 bits per heavy atom. The van der Waals surface area contributed by atoms with E-state index in [1.54, 1.807) is 10.9 Å². The predicted molar refractivity (Wildman–Crippen MR) is 112 cm³/mol. The Morgan fingerprint density at radius 1 is 1.00 bits per heavy atom. The quantitative estimate of drug-likeness (QED) is 0.527. The molecule has 0 saturated heterocycles. The summed E-state index contributed by atoms with van der Waals surface area (Å²) in [5.41, 5.74) is 4.84. The number of halogens is 1. The van der Waals surface area contributed by atoms with Crippen LogP contribution in [0.25, 0.3) is 5.70 Å². The Bertz CT molecular complexity index is 1290. The summed E-state index contributed by atoms with van der Waals surface area (Å²) in [6, 6.07) is 19.3. The molecule has 2 aliphatic heterocycles. The van der Waals surface area contributed by atoms with E-state index in [0.717, 1.165) is 33.7 Å². The molecule has 2 atom stereocenters. The summed E-state index contributed by atoms with van der Waals surface area (Å²) in [4.78, 5) is 4.32. The van der Waals surface area contributed by atoms with Crippen molar-refractivity contribution in [1.29, 1.82) is 0 Å². The van der Waals surface area contributed by atoms with Gasteiger partial charge in [-0.2, -0.15) is 4.68 Å². The smallest absolute Gasteiger partial charge is 0.248 e. The lowest BCUT2D eigenvalue weighted by atomic mass is 9.85. The Balaban J connectivity index is 1.64. The van der Waals surface area contributed by atoms with Crippen molar-refractivity contribution in [1.82, 2.24) is 25.2 Å². The first-order valence-electron chi connectivity index (χ1n) is 9.50. The summed E-state index contributed by atoms with van der Waals surface area (Å²) < 4.78 is 8.30. The van der Waals surface area contributed by atoms with Crippen LogP contribution in [0, 0.1) is 0 Å². The van der Waals surface area contributed by atoms with Gasteiger partial charge in [0.2, 0.25) is 5.95 Å². The minimum Gasteiger partial charge on any atom is -0.480 e. The number of para-hydroxylation sites is 1. The van der Waals surface area contributed by atoms with Crippen molar-refractivity contribution >= 4 is 23.2 Å². The van der Waals surface area contributed by atoms with E-state index in [1.807, 2.05) is 66.9 Å². The van der Waals surface area contributed by atoms with E-state index in [1.165, 1.54) is 0 Å².